The lowest BCUT2D eigenvalue weighted by Crippen LogP contribution is -2.24. The molecule has 1 aliphatic rings. The Morgan fingerprint density at radius 3 is 3.12 bits per heavy atom. The van der Waals surface area contributed by atoms with Crippen molar-refractivity contribution in [1.82, 2.24) is 10.3 Å². The van der Waals surface area contributed by atoms with E-state index in [4.69, 9.17) is 4.74 Å². The molecule has 0 spiro atoms. The number of halogens is 1. The molecule has 2 atom stereocenters. The molecule has 1 aliphatic heterocycles. The van der Waals surface area contributed by atoms with Gasteiger partial charge in [0.15, 0.2) is 0 Å². The molecule has 0 amide bonds. The highest BCUT2D eigenvalue weighted by Gasteiger charge is 2.21. The topological polar surface area (TPSA) is 34.1 Å². The van der Waals surface area contributed by atoms with Crippen molar-refractivity contribution in [2.75, 3.05) is 19.8 Å². The summed E-state index contributed by atoms with van der Waals surface area (Å²) in [5.74, 6) is 0.301. The van der Waals surface area contributed by atoms with Crippen LogP contribution in [-0.2, 0) is 4.74 Å². The van der Waals surface area contributed by atoms with Crippen molar-refractivity contribution in [3.63, 3.8) is 0 Å². The molecule has 0 aliphatic carbocycles. The van der Waals surface area contributed by atoms with E-state index in [1.165, 1.54) is 6.20 Å². The summed E-state index contributed by atoms with van der Waals surface area (Å²) in [5.41, 5.74) is 0.929. The fourth-order valence-electron chi connectivity index (χ4n) is 2.31. The summed E-state index contributed by atoms with van der Waals surface area (Å²) in [6.07, 6.45) is 5.07. The van der Waals surface area contributed by atoms with Gasteiger partial charge >= 0.3 is 0 Å². The van der Waals surface area contributed by atoms with Gasteiger partial charge < -0.3 is 10.1 Å². The Morgan fingerprint density at radius 1 is 1.59 bits per heavy atom. The molecule has 1 aromatic rings. The van der Waals surface area contributed by atoms with Crippen molar-refractivity contribution in [3.05, 3.63) is 29.8 Å². The second-order valence-electron chi connectivity index (χ2n) is 4.51. The lowest BCUT2D eigenvalue weighted by atomic mass is 9.95. The van der Waals surface area contributed by atoms with Gasteiger partial charge in [0.2, 0.25) is 0 Å². The fraction of sp³-hybridized carbons (Fsp3) is 0.615. The van der Waals surface area contributed by atoms with Crippen LogP contribution < -0.4 is 5.32 Å². The maximum absolute atomic E-state index is 13.2. The predicted octanol–water partition coefficient (Wildman–Crippen LogP) is 2.30. The van der Waals surface area contributed by atoms with Crippen LogP contribution >= 0.6 is 0 Å². The normalized spacial score (nSPS) is 21.6. The number of pyridine rings is 1. The summed E-state index contributed by atoms with van der Waals surface area (Å²) in [5, 5.41) is 3.39. The Bertz CT molecular complexity index is 353. The third kappa shape index (κ3) is 3.48. The highest BCUT2D eigenvalue weighted by Crippen LogP contribution is 2.26. The molecule has 17 heavy (non-hydrogen) atoms. The molecule has 94 valence electrons. The maximum Gasteiger partial charge on any atom is 0.141 e. The second-order valence-corrected chi connectivity index (χ2v) is 4.51. The monoisotopic (exact) mass is 238 g/mol. The van der Waals surface area contributed by atoms with Gasteiger partial charge in [0.25, 0.3) is 0 Å². The average Bonchev–Trinajstić information content (AvgIpc) is 2.81. The van der Waals surface area contributed by atoms with Gasteiger partial charge in [-0.25, -0.2) is 4.39 Å². The first-order valence-corrected chi connectivity index (χ1v) is 6.21. The zero-order valence-electron chi connectivity index (χ0n) is 10.2. The molecule has 1 fully saturated rings. The summed E-state index contributed by atoms with van der Waals surface area (Å²) < 4.78 is 18.5. The Hall–Kier alpha value is -1.00. The summed E-state index contributed by atoms with van der Waals surface area (Å²) in [4.78, 5) is 3.92. The van der Waals surface area contributed by atoms with Crippen LogP contribution in [0.2, 0.25) is 0 Å². The highest BCUT2D eigenvalue weighted by molar-refractivity contribution is 5.15. The number of hydrogen-bond acceptors (Lipinski definition) is 3. The number of hydrogen-bond donors (Lipinski definition) is 1. The van der Waals surface area contributed by atoms with E-state index in [1.807, 2.05) is 0 Å². The molecule has 1 saturated heterocycles. The molecule has 1 N–H and O–H groups in total. The van der Waals surface area contributed by atoms with E-state index in [0.717, 1.165) is 38.2 Å². The third-order valence-corrected chi connectivity index (χ3v) is 3.17. The standard InChI is InChI=1S/C13H19FN2O/c1-2-16-13(5-10-3-4-17-9-10)11-6-12(14)8-15-7-11/h6-8,10,13,16H,2-5,9H2,1H3. The summed E-state index contributed by atoms with van der Waals surface area (Å²) >= 11 is 0. The van der Waals surface area contributed by atoms with Crippen molar-refractivity contribution in [2.24, 2.45) is 5.92 Å². The summed E-state index contributed by atoms with van der Waals surface area (Å²) in [6.45, 7) is 4.61. The molecule has 0 aromatic carbocycles. The van der Waals surface area contributed by atoms with Gasteiger partial charge in [-0.3, -0.25) is 4.98 Å². The van der Waals surface area contributed by atoms with Crippen LogP contribution in [0, 0.1) is 11.7 Å². The minimum absolute atomic E-state index is 0.176. The van der Waals surface area contributed by atoms with Crippen LogP contribution in [0.1, 0.15) is 31.4 Å². The van der Waals surface area contributed by atoms with Gasteiger partial charge in [-0.15, -0.1) is 0 Å². The summed E-state index contributed by atoms with van der Waals surface area (Å²) in [6, 6.07) is 1.74. The maximum atomic E-state index is 13.2. The van der Waals surface area contributed by atoms with Gasteiger partial charge in [0, 0.05) is 25.5 Å². The van der Waals surface area contributed by atoms with Crippen LogP contribution in [0.3, 0.4) is 0 Å². The van der Waals surface area contributed by atoms with E-state index in [-0.39, 0.29) is 11.9 Å². The largest absolute Gasteiger partial charge is 0.381 e. The minimum Gasteiger partial charge on any atom is -0.381 e. The van der Waals surface area contributed by atoms with Crippen LogP contribution in [0.4, 0.5) is 4.39 Å². The van der Waals surface area contributed by atoms with Crippen molar-refractivity contribution >= 4 is 0 Å². The molecule has 1 aromatic heterocycles. The Morgan fingerprint density at radius 2 is 2.47 bits per heavy atom. The zero-order valence-corrected chi connectivity index (χ0v) is 10.2. The number of rotatable bonds is 5. The lowest BCUT2D eigenvalue weighted by molar-refractivity contribution is 0.181. The average molecular weight is 238 g/mol. The molecule has 2 unspecified atom stereocenters. The number of ether oxygens (including phenoxy) is 1. The smallest absolute Gasteiger partial charge is 0.141 e. The molecular formula is C13H19FN2O. The molecule has 4 heteroatoms. The molecule has 0 bridgehead atoms. The Kier molecular flexibility index (Phi) is 4.45. The van der Waals surface area contributed by atoms with Crippen molar-refractivity contribution < 1.29 is 9.13 Å². The van der Waals surface area contributed by atoms with Gasteiger partial charge in [-0.05, 0) is 36.9 Å². The van der Waals surface area contributed by atoms with Crippen molar-refractivity contribution in [2.45, 2.75) is 25.8 Å². The second kappa shape index (κ2) is 6.07. The van der Waals surface area contributed by atoms with E-state index >= 15 is 0 Å². The molecule has 2 rings (SSSR count). The fourth-order valence-corrected chi connectivity index (χ4v) is 2.31. The Labute approximate surface area is 101 Å². The molecule has 2 heterocycles. The number of aromatic nitrogens is 1. The first-order chi connectivity index (χ1) is 8.29. The molecular weight excluding hydrogens is 219 g/mol. The first-order valence-electron chi connectivity index (χ1n) is 6.21. The molecule has 3 nitrogen and oxygen atoms in total. The Balaban J connectivity index is 2.04. The van der Waals surface area contributed by atoms with Crippen LogP contribution in [-0.4, -0.2) is 24.7 Å². The van der Waals surface area contributed by atoms with Crippen molar-refractivity contribution in [1.29, 1.82) is 0 Å². The predicted molar refractivity (Wildman–Crippen MR) is 64.2 cm³/mol. The van der Waals surface area contributed by atoms with Gasteiger partial charge in [-0.1, -0.05) is 6.92 Å². The number of nitrogens with zero attached hydrogens (tertiary/aromatic N) is 1. The van der Waals surface area contributed by atoms with E-state index in [0.29, 0.717) is 5.92 Å². The lowest BCUT2D eigenvalue weighted by Gasteiger charge is -2.20. The van der Waals surface area contributed by atoms with E-state index in [1.54, 1.807) is 12.3 Å². The minimum atomic E-state index is -0.270. The van der Waals surface area contributed by atoms with Crippen LogP contribution in [0.25, 0.3) is 0 Å². The van der Waals surface area contributed by atoms with Crippen LogP contribution in [0.15, 0.2) is 18.5 Å². The third-order valence-electron chi connectivity index (χ3n) is 3.17. The SMILES string of the molecule is CCNC(CC1CCOC1)c1cncc(F)c1. The van der Waals surface area contributed by atoms with Crippen LogP contribution in [0.5, 0.6) is 0 Å². The quantitative estimate of drug-likeness (QED) is 0.854. The van der Waals surface area contributed by atoms with E-state index in [2.05, 4.69) is 17.2 Å². The number of nitrogens with one attached hydrogen (secondary N) is 1. The summed E-state index contributed by atoms with van der Waals surface area (Å²) in [7, 11) is 0. The van der Waals surface area contributed by atoms with Gasteiger partial charge in [-0.2, -0.15) is 0 Å². The molecule has 0 saturated carbocycles. The van der Waals surface area contributed by atoms with Crippen molar-refractivity contribution in [3.8, 4) is 0 Å². The van der Waals surface area contributed by atoms with Gasteiger partial charge in [0.1, 0.15) is 5.82 Å². The molecule has 0 radical (unpaired) electrons. The zero-order chi connectivity index (χ0) is 12.1. The van der Waals surface area contributed by atoms with E-state index in [9.17, 15) is 4.39 Å². The van der Waals surface area contributed by atoms with Gasteiger partial charge in [0.05, 0.1) is 6.20 Å². The van der Waals surface area contributed by atoms with E-state index < -0.39 is 0 Å². The first kappa shape index (κ1) is 12.5. The highest BCUT2D eigenvalue weighted by atomic mass is 19.1.